The highest BCUT2D eigenvalue weighted by molar-refractivity contribution is 5.62. The highest BCUT2D eigenvalue weighted by Crippen LogP contribution is 2.23. The molecule has 1 aromatic rings. The summed E-state index contributed by atoms with van der Waals surface area (Å²) in [6.45, 7) is 0.866. The van der Waals surface area contributed by atoms with E-state index in [1.165, 1.54) is 0 Å². The van der Waals surface area contributed by atoms with Crippen LogP contribution in [0, 0.1) is 0 Å². The quantitative estimate of drug-likeness (QED) is 0.696. The van der Waals surface area contributed by atoms with Crippen molar-refractivity contribution in [2.75, 3.05) is 18.1 Å². The van der Waals surface area contributed by atoms with Gasteiger partial charge < -0.3 is 16.2 Å². The molecule has 70 valence electrons. The maximum absolute atomic E-state index is 5.77. The third-order valence-corrected chi connectivity index (χ3v) is 2.35. The molecule has 2 heterocycles. The standard InChI is InChI=1S/C9H13N3O/c10-8-6(1-3-12-9(8)11)5-7-2-4-13-7/h1,3,7H,2,4-5,10H2,(H2,11,12). The molecule has 0 spiro atoms. The topological polar surface area (TPSA) is 74.2 Å². The molecule has 4 heteroatoms. The van der Waals surface area contributed by atoms with Crippen molar-refractivity contribution >= 4 is 11.5 Å². The Morgan fingerprint density at radius 3 is 2.92 bits per heavy atom. The fourth-order valence-corrected chi connectivity index (χ4v) is 1.40. The number of hydrogen-bond donors (Lipinski definition) is 2. The minimum atomic E-state index is 0.323. The summed E-state index contributed by atoms with van der Waals surface area (Å²) < 4.78 is 5.31. The lowest BCUT2D eigenvalue weighted by molar-refractivity contribution is -0.0490. The van der Waals surface area contributed by atoms with Crippen LogP contribution in [0.15, 0.2) is 12.3 Å². The summed E-state index contributed by atoms with van der Waals surface area (Å²) in [5.74, 6) is 0.414. The second-order valence-electron chi connectivity index (χ2n) is 3.25. The van der Waals surface area contributed by atoms with E-state index in [1.807, 2.05) is 6.07 Å². The number of hydrogen-bond acceptors (Lipinski definition) is 4. The molecule has 0 saturated carbocycles. The molecule has 13 heavy (non-hydrogen) atoms. The molecule has 1 fully saturated rings. The fourth-order valence-electron chi connectivity index (χ4n) is 1.40. The summed E-state index contributed by atoms with van der Waals surface area (Å²) in [6.07, 6.45) is 3.96. The van der Waals surface area contributed by atoms with Gasteiger partial charge in [-0.25, -0.2) is 4.98 Å². The van der Waals surface area contributed by atoms with E-state index in [4.69, 9.17) is 16.2 Å². The van der Waals surface area contributed by atoms with Crippen LogP contribution in [0.1, 0.15) is 12.0 Å². The van der Waals surface area contributed by atoms with E-state index < -0.39 is 0 Å². The van der Waals surface area contributed by atoms with Crippen molar-refractivity contribution in [1.29, 1.82) is 0 Å². The lowest BCUT2D eigenvalue weighted by Crippen LogP contribution is -2.29. The molecule has 1 atom stereocenters. The zero-order chi connectivity index (χ0) is 9.26. The number of ether oxygens (including phenoxy) is 1. The lowest BCUT2D eigenvalue weighted by atomic mass is 10.0. The first-order chi connectivity index (χ1) is 6.27. The Kier molecular flexibility index (Phi) is 2.06. The van der Waals surface area contributed by atoms with Crippen LogP contribution < -0.4 is 11.5 Å². The smallest absolute Gasteiger partial charge is 0.146 e. The first kappa shape index (κ1) is 8.31. The highest BCUT2D eigenvalue weighted by atomic mass is 16.5. The molecule has 1 saturated heterocycles. The first-order valence-corrected chi connectivity index (χ1v) is 4.38. The van der Waals surface area contributed by atoms with Gasteiger partial charge >= 0.3 is 0 Å². The van der Waals surface area contributed by atoms with Crippen LogP contribution in [0.3, 0.4) is 0 Å². The average molecular weight is 179 g/mol. The average Bonchev–Trinajstić information content (AvgIpc) is 2.04. The monoisotopic (exact) mass is 179 g/mol. The van der Waals surface area contributed by atoms with E-state index in [9.17, 15) is 0 Å². The van der Waals surface area contributed by atoms with Crippen molar-refractivity contribution in [3.63, 3.8) is 0 Å². The first-order valence-electron chi connectivity index (χ1n) is 4.38. The fraction of sp³-hybridized carbons (Fsp3) is 0.444. The second kappa shape index (κ2) is 3.22. The Balaban J connectivity index is 2.14. The van der Waals surface area contributed by atoms with Crippen LogP contribution >= 0.6 is 0 Å². The van der Waals surface area contributed by atoms with E-state index >= 15 is 0 Å². The molecule has 0 bridgehead atoms. The van der Waals surface area contributed by atoms with Gasteiger partial charge in [0.15, 0.2) is 0 Å². The van der Waals surface area contributed by atoms with Crippen LogP contribution in [-0.2, 0) is 11.2 Å². The van der Waals surface area contributed by atoms with Gasteiger partial charge in [-0.3, -0.25) is 0 Å². The van der Waals surface area contributed by atoms with Gasteiger partial charge in [-0.1, -0.05) is 0 Å². The maximum atomic E-state index is 5.77. The van der Waals surface area contributed by atoms with Crippen molar-refractivity contribution in [3.05, 3.63) is 17.8 Å². The third-order valence-electron chi connectivity index (χ3n) is 2.35. The normalized spacial score (nSPS) is 21.1. The molecule has 1 aliphatic rings. The molecule has 4 N–H and O–H groups in total. The highest BCUT2D eigenvalue weighted by Gasteiger charge is 2.19. The Morgan fingerprint density at radius 1 is 1.54 bits per heavy atom. The number of aromatic nitrogens is 1. The number of rotatable bonds is 2. The van der Waals surface area contributed by atoms with Gasteiger partial charge in [-0.05, 0) is 18.1 Å². The molecule has 1 unspecified atom stereocenters. The van der Waals surface area contributed by atoms with Gasteiger partial charge in [0.25, 0.3) is 0 Å². The molecular weight excluding hydrogens is 166 g/mol. The minimum absolute atomic E-state index is 0.323. The Bertz CT molecular complexity index is 310. The Labute approximate surface area is 76.9 Å². The molecule has 0 aromatic carbocycles. The van der Waals surface area contributed by atoms with Gasteiger partial charge in [0.1, 0.15) is 5.82 Å². The maximum Gasteiger partial charge on any atom is 0.146 e. The zero-order valence-electron chi connectivity index (χ0n) is 7.36. The van der Waals surface area contributed by atoms with Crippen LogP contribution in [0.4, 0.5) is 11.5 Å². The molecule has 1 aromatic heterocycles. The Morgan fingerprint density at radius 2 is 2.31 bits per heavy atom. The zero-order valence-corrected chi connectivity index (χ0v) is 7.36. The van der Waals surface area contributed by atoms with Crippen molar-refractivity contribution in [1.82, 2.24) is 4.98 Å². The minimum Gasteiger partial charge on any atom is -0.396 e. The number of nitrogens with two attached hydrogens (primary N) is 2. The van der Waals surface area contributed by atoms with E-state index in [1.54, 1.807) is 6.20 Å². The molecule has 0 amide bonds. The number of nitrogen functional groups attached to an aromatic ring is 2. The van der Waals surface area contributed by atoms with Crippen molar-refractivity contribution in [2.24, 2.45) is 0 Å². The summed E-state index contributed by atoms with van der Waals surface area (Å²) >= 11 is 0. The molecule has 0 aliphatic carbocycles. The van der Waals surface area contributed by atoms with Crippen LogP contribution in [-0.4, -0.2) is 17.7 Å². The third kappa shape index (κ3) is 1.58. The summed E-state index contributed by atoms with van der Waals surface area (Å²) in [7, 11) is 0. The van der Waals surface area contributed by atoms with Gasteiger partial charge in [0.05, 0.1) is 11.8 Å². The summed E-state index contributed by atoms with van der Waals surface area (Å²) in [6, 6.07) is 1.90. The van der Waals surface area contributed by atoms with Gasteiger partial charge in [0.2, 0.25) is 0 Å². The van der Waals surface area contributed by atoms with Crippen LogP contribution in [0.2, 0.25) is 0 Å². The lowest BCUT2D eigenvalue weighted by Gasteiger charge is -2.26. The Hall–Kier alpha value is -1.29. The van der Waals surface area contributed by atoms with Crippen LogP contribution in [0.5, 0.6) is 0 Å². The number of nitrogens with zero attached hydrogens (tertiary/aromatic N) is 1. The largest absolute Gasteiger partial charge is 0.396 e. The number of pyridine rings is 1. The van der Waals surface area contributed by atoms with E-state index in [2.05, 4.69) is 4.98 Å². The van der Waals surface area contributed by atoms with E-state index in [-0.39, 0.29) is 0 Å². The van der Waals surface area contributed by atoms with Gasteiger partial charge in [-0.15, -0.1) is 0 Å². The molecule has 0 radical (unpaired) electrons. The molecule has 1 aliphatic heterocycles. The van der Waals surface area contributed by atoms with Crippen molar-refractivity contribution in [3.8, 4) is 0 Å². The number of anilines is 2. The van der Waals surface area contributed by atoms with E-state index in [0.29, 0.717) is 17.6 Å². The second-order valence-corrected chi connectivity index (χ2v) is 3.25. The molecular formula is C9H13N3O. The molecule has 2 rings (SSSR count). The van der Waals surface area contributed by atoms with Crippen LogP contribution in [0.25, 0.3) is 0 Å². The van der Waals surface area contributed by atoms with Gasteiger partial charge in [-0.2, -0.15) is 0 Å². The van der Waals surface area contributed by atoms with Crippen molar-refractivity contribution in [2.45, 2.75) is 18.9 Å². The predicted molar refractivity (Wildman–Crippen MR) is 51.1 cm³/mol. The molecule has 4 nitrogen and oxygen atoms in total. The van der Waals surface area contributed by atoms with Gasteiger partial charge in [0, 0.05) is 19.2 Å². The predicted octanol–water partition coefficient (Wildman–Crippen LogP) is 0.577. The summed E-state index contributed by atoms with van der Waals surface area (Å²) in [5, 5.41) is 0. The summed E-state index contributed by atoms with van der Waals surface area (Å²) in [5.41, 5.74) is 13.0. The SMILES string of the molecule is Nc1nccc(CC2CCO2)c1N. The van der Waals surface area contributed by atoms with E-state index in [0.717, 1.165) is 25.0 Å². The van der Waals surface area contributed by atoms with Crippen molar-refractivity contribution < 1.29 is 4.74 Å². The summed E-state index contributed by atoms with van der Waals surface area (Å²) in [4.78, 5) is 3.90.